The molecule has 2 unspecified atom stereocenters. The number of fused-ring (bicyclic) bond motifs is 2. The zero-order chi connectivity index (χ0) is 41.7. The smallest absolute Gasteiger partial charge is 0.259 e. The number of azo groups is 2. The van der Waals surface area contributed by atoms with Crippen LogP contribution >= 0.6 is 0 Å². The third kappa shape index (κ3) is 8.11. The van der Waals surface area contributed by atoms with Crippen LogP contribution in [0.4, 0.5) is 22.7 Å². The lowest BCUT2D eigenvalue weighted by Crippen LogP contribution is -2.27. The molecule has 2 aliphatic rings. The number of carbonyl (C=O) groups is 4. The number of rotatable bonds is 10. The number of nitrogens with one attached hydrogen (secondary N) is 2. The first-order valence-corrected chi connectivity index (χ1v) is 19.2. The van der Waals surface area contributed by atoms with Crippen molar-refractivity contribution in [3.8, 4) is 22.9 Å². The summed E-state index contributed by atoms with van der Waals surface area (Å²) >= 11 is 0. The largest absolute Gasteiger partial charge is 0.416 e. The van der Waals surface area contributed by atoms with Gasteiger partial charge in [-0.25, -0.2) is 0 Å². The molecule has 2 aliphatic carbocycles. The number of amides is 2. The van der Waals surface area contributed by atoms with E-state index in [1.165, 1.54) is 0 Å². The van der Waals surface area contributed by atoms with Crippen LogP contribution in [-0.2, 0) is 19.2 Å². The predicted molar refractivity (Wildman–Crippen MR) is 229 cm³/mol. The third-order valence-corrected chi connectivity index (χ3v) is 9.99. The fourth-order valence-electron chi connectivity index (χ4n) is 6.88. The number of hydrogen-bond acceptors (Lipinski definition) is 11. The number of benzene rings is 6. The molecule has 13 heteroatoms. The average Bonchev–Trinajstić information content (AvgIpc) is 3.80. The highest BCUT2D eigenvalue weighted by atomic mass is 16.4. The molecule has 0 spiro atoms. The van der Waals surface area contributed by atoms with E-state index in [4.69, 9.17) is 4.42 Å². The number of carbonyl (C=O) groups excluding carboxylic acids is 4. The van der Waals surface area contributed by atoms with Crippen LogP contribution in [0, 0.1) is 0 Å². The van der Waals surface area contributed by atoms with Crippen molar-refractivity contribution in [2.24, 2.45) is 20.5 Å². The Kier molecular flexibility index (Phi) is 10.4. The molecule has 2 amide bonds. The Balaban J connectivity index is 0.864. The summed E-state index contributed by atoms with van der Waals surface area (Å²) in [5, 5.41) is 31.5. The quantitative estimate of drug-likeness (QED) is 0.102. The fourth-order valence-corrected chi connectivity index (χ4v) is 6.88. The van der Waals surface area contributed by atoms with Crippen molar-refractivity contribution in [2.75, 3.05) is 10.6 Å². The average molecular weight is 801 g/mol. The molecule has 0 bridgehead atoms. The van der Waals surface area contributed by atoms with E-state index in [-0.39, 0.29) is 22.9 Å². The Morgan fingerprint density at radius 3 is 1.26 bits per heavy atom. The van der Waals surface area contributed by atoms with E-state index in [9.17, 15) is 19.2 Å². The molecule has 2 atom stereocenters. The molecule has 61 heavy (non-hydrogen) atoms. The lowest BCUT2D eigenvalue weighted by Gasteiger charge is -2.20. The lowest BCUT2D eigenvalue weighted by molar-refractivity contribution is -0.122. The minimum absolute atomic E-state index is 0.00616. The molecule has 6 aromatic carbocycles. The standard InChI is InChI=1S/C48H32N8O5/c57-43-39(45(59)49-33-13-3-1-4-14-33)27-31-11-7-9-17-37(31)41(43)53-51-35-23-19-29(20-24-35)47-55-56-48(61-47)30-21-25-36(26-22-30)52-54-42-38-18-10-8-12-32(38)28-40(44(42)58)46(60)50-34-15-5-2-6-16-34/h1-28,41-42H,(H,49,59)(H,50,60). The SMILES string of the molecule is O=C(Nc1ccccc1)C1=Cc2ccccc2C(N=Nc2ccc(-c3nnc(-c4ccc(N=NC5C(=O)C(C(=O)Nc6ccccc6)=Cc6ccccc65)cc4)o3)cc2)C1=O. The normalized spacial score (nSPS) is 15.8. The molecule has 0 radical (unpaired) electrons. The summed E-state index contributed by atoms with van der Waals surface area (Å²) in [4.78, 5) is 53.5. The van der Waals surface area contributed by atoms with Crippen molar-refractivity contribution in [2.45, 2.75) is 12.1 Å². The highest BCUT2D eigenvalue weighted by Gasteiger charge is 2.35. The van der Waals surface area contributed by atoms with Gasteiger partial charge in [-0.15, -0.1) is 10.2 Å². The first kappa shape index (κ1) is 38.0. The van der Waals surface area contributed by atoms with Crippen molar-refractivity contribution in [3.63, 3.8) is 0 Å². The van der Waals surface area contributed by atoms with Gasteiger partial charge in [-0.1, -0.05) is 84.9 Å². The second-order valence-corrected chi connectivity index (χ2v) is 14.0. The summed E-state index contributed by atoms with van der Waals surface area (Å²) in [6.07, 6.45) is 3.17. The number of Topliss-reactive ketones (excluding diaryl/α,β-unsaturated/α-hetero) is 2. The molecular weight excluding hydrogens is 769 g/mol. The molecule has 0 saturated heterocycles. The Bertz CT molecular complexity index is 2740. The van der Waals surface area contributed by atoms with Gasteiger partial charge in [-0.2, -0.15) is 20.5 Å². The maximum absolute atomic E-state index is 13.6. The molecule has 1 heterocycles. The summed E-state index contributed by atoms with van der Waals surface area (Å²) in [5.41, 5.74) is 6.09. The Hall–Kier alpha value is -8.58. The molecule has 0 fully saturated rings. The van der Waals surface area contributed by atoms with Gasteiger partial charge >= 0.3 is 0 Å². The van der Waals surface area contributed by atoms with Gasteiger partial charge in [0.25, 0.3) is 11.8 Å². The molecule has 2 N–H and O–H groups in total. The minimum atomic E-state index is -1.00. The van der Waals surface area contributed by atoms with Gasteiger partial charge in [0.05, 0.1) is 22.5 Å². The van der Waals surface area contributed by atoms with Crippen molar-refractivity contribution >= 4 is 58.3 Å². The van der Waals surface area contributed by atoms with E-state index in [2.05, 4.69) is 41.3 Å². The lowest BCUT2D eigenvalue weighted by atomic mass is 9.87. The Morgan fingerprint density at radius 1 is 0.475 bits per heavy atom. The van der Waals surface area contributed by atoms with Crippen molar-refractivity contribution in [1.82, 2.24) is 10.2 Å². The van der Waals surface area contributed by atoms with E-state index >= 15 is 0 Å². The van der Waals surface area contributed by atoms with Crippen LogP contribution in [0.5, 0.6) is 0 Å². The van der Waals surface area contributed by atoms with E-state index in [1.807, 2.05) is 48.5 Å². The maximum atomic E-state index is 13.6. The van der Waals surface area contributed by atoms with Gasteiger partial charge in [-0.05, 0) is 107 Å². The fraction of sp³-hybridized carbons (Fsp3) is 0.0417. The van der Waals surface area contributed by atoms with Crippen molar-refractivity contribution < 1.29 is 23.6 Å². The van der Waals surface area contributed by atoms with Gasteiger partial charge in [0, 0.05) is 22.5 Å². The number of ketones is 2. The highest BCUT2D eigenvalue weighted by molar-refractivity contribution is 6.29. The first-order valence-electron chi connectivity index (χ1n) is 19.2. The highest BCUT2D eigenvalue weighted by Crippen LogP contribution is 2.36. The van der Waals surface area contributed by atoms with E-state index in [0.29, 0.717) is 56.1 Å². The number of anilines is 2. The van der Waals surface area contributed by atoms with Gasteiger partial charge in [0.2, 0.25) is 11.8 Å². The van der Waals surface area contributed by atoms with Crippen LogP contribution in [0.25, 0.3) is 35.1 Å². The van der Waals surface area contributed by atoms with E-state index in [1.54, 1.807) is 121 Å². The van der Waals surface area contributed by atoms with Crippen LogP contribution in [-0.4, -0.2) is 33.6 Å². The summed E-state index contributed by atoms with van der Waals surface area (Å²) in [7, 11) is 0. The summed E-state index contributed by atoms with van der Waals surface area (Å²) in [6, 6.07) is 44.3. The number of para-hydroxylation sites is 2. The molecule has 294 valence electrons. The summed E-state index contributed by atoms with van der Waals surface area (Å²) < 4.78 is 6.00. The van der Waals surface area contributed by atoms with Crippen LogP contribution in [0.3, 0.4) is 0 Å². The van der Waals surface area contributed by atoms with Crippen LogP contribution in [0.15, 0.2) is 194 Å². The molecular formula is C48H32N8O5. The monoisotopic (exact) mass is 800 g/mol. The Morgan fingerprint density at radius 2 is 0.852 bits per heavy atom. The van der Waals surface area contributed by atoms with Crippen LogP contribution in [0.2, 0.25) is 0 Å². The van der Waals surface area contributed by atoms with E-state index < -0.39 is 35.5 Å². The Labute approximate surface area is 348 Å². The van der Waals surface area contributed by atoms with Gasteiger partial charge in [0.1, 0.15) is 0 Å². The van der Waals surface area contributed by atoms with Gasteiger partial charge in [-0.3, -0.25) is 19.2 Å². The van der Waals surface area contributed by atoms with Crippen molar-refractivity contribution in [1.29, 1.82) is 0 Å². The number of nitrogens with zero attached hydrogens (tertiary/aromatic N) is 6. The zero-order valence-electron chi connectivity index (χ0n) is 32.0. The minimum Gasteiger partial charge on any atom is -0.416 e. The molecule has 7 aromatic rings. The van der Waals surface area contributed by atoms with Gasteiger partial charge in [0.15, 0.2) is 23.7 Å². The summed E-state index contributed by atoms with van der Waals surface area (Å²) in [5.74, 6) is -1.41. The predicted octanol–water partition coefficient (Wildman–Crippen LogP) is 10.3. The third-order valence-electron chi connectivity index (χ3n) is 9.99. The van der Waals surface area contributed by atoms with Crippen LogP contribution in [0.1, 0.15) is 34.3 Å². The van der Waals surface area contributed by atoms with Crippen molar-refractivity contribution in [3.05, 3.63) is 191 Å². The second kappa shape index (κ2) is 16.7. The van der Waals surface area contributed by atoms with Gasteiger partial charge < -0.3 is 15.1 Å². The second-order valence-electron chi connectivity index (χ2n) is 14.0. The molecule has 13 nitrogen and oxygen atoms in total. The molecule has 9 rings (SSSR count). The van der Waals surface area contributed by atoms with E-state index in [0.717, 1.165) is 0 Å². The molecule has 0 aliphatic heterocycles. The maximum Gasteiger partial charge on any atom is 0.259 e. The molecule has 0 saturated carbocycles. The van der Waals surface area contributed by atoms with Crippen LogP contribution < -0.4 is 10.6 Å². The molecule has 1 aromatic heterocycles. The number of hydrogen-bond donors (Lipinski definition) is 2. The summed E-state index contributed by atoms with van der Waals surface area (Å²) in [6.45, 7) is 0. The zero-order valence-corrected chi connectivity index (χ0v) is 32.0. The number of aromatic nitrogens is 2. The first-order chi connectivity index (χ1) is 29.9. The topological polar surface area (TPSA) is 181 Å².